The van der Waals surface area contributed by atoms with Crippen LogP contribution >= 0.6 is 0 Å². The van der Waals surface area contributed by atoms with Crippen LogP contribution in [-0.4, -0.2) is 24.1 Å². The lowest BCUT2D eigenvalue weighted by molar-refractivity contribution is -0.194. The van der Waals surface area contributed by atoms with E-state index < -0.39 is 0 Å². The van der Waals surface area contributed by atoms with E-state index in [2.05, 4.69) is 0 Å². The molecule has 1 saturated heterocycles. The Kier molecular flexibility index (Phi) is 4.22. The maximum Gasteiger partial charge on any atom is 0.327 e. The average Bonchev–Trinajstić information content (AvgIpc) is 2.32. The maximum atomic E-state index is 11.3. The average molecular weight is 185 g/mol. The zero-order valence-corrected chi connectivity index (χ0v) is 8.58. The number of rotatable bonds is 2. The van der Waals surface area contributed by atoms with Crippen LogP contribution < -0.4 is 0 Å². The number of hydrogen-bond donors (Lipinski definition) is 0. The lowest BCUT2D eigenvalue weighted by Crippen LogP contribution is -2.30. The SMILES string of the molecule is CC(C)C(=O)ON1CCCCCC1. The molecule has 1 heterocycles. The van der Waals surface area contributed by atoms with Gasteiger partial charge in [0.2, 0.25) is 0 Å². The predicted molar refractivity (Wildman–Crippen MR) is 51.0 cm³/mol. The maximum absolute atomic E-state index is 11.3. The zero-order valence-electron chi connectivity index (χ0n) is 8.58. The molecule has 3 heteroatoms. The third-order valence-corrected chi connectivity index (χ3v) is 2.26. The molecule has 3 nitrogen and oxygen atoms in total. The molecule has 0 aromatic rings. The molecule has 0 bridgehead atoms. The molecule has 0 spiro atoms. The predicted octanol–water partition coefficient (Wildman–Crippen LogP) is 1.98. The van der Waals surface area contributed by atoms with Crippen LogP contribution in [0.1, 0.15) is 39.5 Å². The number of nitrogens with zero attached hydrogens (tertiary/aromatic N) is 1. The summed E-state index contributed by atoms with van der Waals surface area (Å²) in [5, 5.41) is 1.81. The van der Waals surface area contributed by atoms with Gasteiger partial charge in [0, 0.05) is 13.1 Å². The standard InChI is InChI=1S/C10H19NO2/c1-9(2)10(12)13-11-7-5-3-4-6-8-11/h9H,3-8H2,1-2H3. The molecule has 0 radical (unpaired) electrons. The lowest BCUT2D eigenvalue weighted by Gasteiger charge is -2.19. The van der Waals surface area contributed by atoms with Crippen molar-refractivity contribution in [2.75, 3.05) is 13.1 Å². The van der Waals surface area contributed by atoms with Gasteiger partial charge >= 0.3 is 5.97 Å². The van der Waals surface area contributed by atoms with E-state index in [1.807, 2.05) is 18.9 Å². The van der Waals surface area contributed by atoms with Crippen molar-refractivity contribution in [3.05, 3.63) is 0 Å². The van der Waals surface area contributed by atoms with E-state index in [-0.39, 0.29) is 11.9 Å². The summed E-state index contributed by atoms with van der Waals surface area (Å²) in [6.45, 7) is 5.53. The molecule has 0 atom stereocenters. The first-order valence-corrected chi connectivity index (χ1v) is 5.17. The van der Waals surface area contributed by atoms with Gasteiger partial charge in [0.25, 0.3) is 0 Å². The number of hydroxylamine groups is 2. The van der Waals surface area contributed by atoms with Gasteiger partial charge in [-0.25, -0.2) is 0 Å². The Morgan fingerprint density at radius 3 is 2.15 bits per heavy atom. The summed E-state index contributed by atoms with van der Waals surface area (Å²) in [6.07, 6.45) is 4.81. The van der Waals surface area contributed by atoms with Gasteiger partial charge in [0.15, 0.2) is 0 Å². The number of carbonyl (C=O) groups excluding carboxylic acids is 1. The van der Waals surface area contributed by atoms with Gasteiger partial charge < -0.3 is 4.84 Å². The highest BCUT2D eigenvalue weighted by molar-refractivity contribution is 5.71. The van der Waals surface area contributed by atoms with Crippen molar-refractivity contribution in [1.82, 2.24) is 5.06 Å². The van der Waals surface area contributed by atoms with Crippen LogP contribution in [0.15, 0.2) is 0 Å². The van der Waals surface area contributed by atoms with Crippen molar-refractivity contribution >= 4 is 5.97 Å². The monoisotopic (exact) mass is 185 g/mol. The van der Waals surface area contributed by atoms with Crippen LogP contribution in [0.5, 0.6) is 0 Å². The van der Waals surface area contributed by atoms with Gasteiger partial charge in [-0.3, -0.25) is 4.79 Å². The second kappa shape index (κ2) is 5.22. The molecule has 13 heavy (non-hydrogen) atoms. The summed E-state index contributed by atoms with van der Waals surface area (Å²) in [6, 6.07) is 0. The largest absolute Gasteiger partial charge is 0.368 e. The molecule has 0 unspecified atom stereocenters. The van der Waals surface area contributed by atoms with Crippen molar-refractivity contribution in [2.24, 2.45) is 5.92 Å². The van der Waals surface area contributed by atoms with Gasteiger partial charge in [-0.2, -0.15) is 0 Å². The smallest absolute Gasteiger partial charge is 0.327 e. The molecule has 0 N–H and O–H groups in total. The summed E-state index contributed by atoms with van der Waals surface area (Å²) in [5.41, 5.74) is 0. The van der Waals surface area contributed by atoms with Gasteiger partial charge in [-0.15, -0.1) is 5.06 Å². The summed E-state index contributed by atoms with van der Waals surface area (Å²) >= 11 is 0. The second-order valence-electron chi connectivity index (χ2n) is 3.91. The van der Waals surface area contributed by atoms with E-state index >= 15 is 0 Å². The minimum atomic E-state index is -0.109. The first kappa shape index (κ1) is 10.5. The fourth-order valence-corrected chi connectivity index (χ4v) is 1.37. The van der Waals surface area contributed by atoms with Crippen LogP contribution in [0.4, 0.5) is 0 Å². The van der Waals surface area contributed by atoms with Gasteiger partial charge in [0.05, 0.1) is 5.92 Å². The normalized spacial score (nSPS) is 19.9. The molecule has 0 saturated carbocycles. The molecule has 76 valence electrons. The molecule has 1 aliphatic heterocycles. The number of hydrogen-bond acceptors (Lipinski definition) is 3. The Bertz CT molecular complexity index is 160. The van der Waals surface area contributed by atoms with Crippen LogP contribution in [-0.2, 0) is 9.63 Å². The van der Waals surface area contributed by atoms with E-state index in [0.29, 0.717) is 0 Å². The molecule has 1 aliphatic rings. The van der Waals surface area contributed by atoms with Crippen LogP contribution in [0.3, 0.4) is 0 Å². The van der Waals surface area contributed by atoms with E-state index in [1.54, 1.807) is 0 Å². The molecule has 1 fully saturated rings. The second-order valence-corrected chi connectivity index (χ2v) is 3.91. The van der Waals surface area contributed by atoms with E-state index in [0.717, 1.165) is 25.9 Å². The van der Waals surface area contributed by atoms with Crippen molar-refractivity contribution in [3.8, 4) is 0 Å². The minimum absolute atomic E-state index is 0.0248. The van der Waals surface area contributed by atoms with Crippen molar-refractivity contribution in [3.63, 3.8) is 0 Å². The van der Waals surface area contributed by atoms with E-state index in [1.165, 1.54) is 12.8 Å². The van der Waals surface area contributed by atoms with Crippen molar-refractivity contribution in [1.29, 1.82) is 0 Å². The highest BCUT2D eigenvalue weighted by Gasteiger charge is 2.15. The first-order valence-electron chi connectivity index (χ1n) is 5.17. The molecular weight excluding hydrogens is 166 g/mol. The molecular formula is C10H19NO2. The Morgan fingerprint density at radius 1 is 1.15 bits per heavy atom. The zero-order chi connectivity index (χ0) is 9.68. The number of carbonyl (C=O) groups is 1. The van der Waals surface area contributed by atoms with Crippen LogP contribution in [0, 0.1) is 5.92 Å². The highest BCUT2D eigenvalue weighted by atomic mass is 16.7. The van der Waals surface area contributed by atoms with Gasteiger partial charge in [-0.05, 0) is 12.8 Å². The summed E-state index contributed by atoms with van der Waals surface area (Å²) in [4.78, 5) is 16.5. The molecule has 1 rings (SSSR count). The van der Waals surface area contributed by atoms with Crippen molar-refractivity contribution in [2.45, 2.75) is 39.5 Å². The molecule has 0 aromatic heterocycles. The van der Waals surface area contributed by atoms with E-state index in [9.17, 15) is 4.79 Å². The third kappa shape index (κ3) is 3.77. The molecule has 0 aromatic carbocycles. The molecule has 0 aliphatic carbocycles. The van der Waals surface area contributed by atoms with Crippen LogP contribution in [0.2, 0.25) is 0 Å². The highest BCUT2D eigenvalue weighted by Crippen LogP contribution is 2.11. The molecule has 0 amide bonds. The fourth-order valence-electron chi connectivity index (χ4n) is 1.37. The van der Waals surface area contributed by atoms with E-state index in [4.69, 9.17) is 4.84 Å². The Labute approximate surface area is 80.0 Å². The minimum Gasteiger partial charge on any atom is -0.368 e. The van der Waals surface area contributed by atoms with Crippen LogP contribution in [0.25, 0.3) is 0 Å². The Balaban J connectivity index is 2.29. The fraction of sp³-hybridized carbons (Fsp3) is 0.900. The lowest BCUT2D eigenvalue weighted by atomic mass is 10.2. The topological polar surface area (TPSA) is 29.5 Å². The Hall–Kier alpha value is -0.570. The summed E-state index contributed by atoms with van der Waals surface area (Å²) < 4.78 is 0. The van der Waals surface area contributed by atoms with Gasteiger partial charge in [0.1, 0.15) is 0 Å². The van der Waals surface area contributed by atoms with Gasteiger partial charge in [-0.1, -0.05) is 26.7 Å². The third-order valence-electron chi connectivity index (χ3n) is 2.26. The van der Waals surface area contributed by atoms with Crippen molar-refractivity contribution < 1.29 is 9.63 Å². The Morgan fingerprint density at radius 2 is 1.69 bits per heavy atom. The summed E-state index contributed by atoms with van der Waals surface area (Å²) in [5.74, 6) is -0.134. The quantitative estimate of drug-likeness (QED) is 0.658. The summed E-state index contributed by atoms with van der Waals surface area (Å²) in [7, 11) is 0. The first-order chi connectivity index (χ1) is 6.20.